The minimum absolute atomic E-state index is 0.453. The van der Waals surface area contributed by atoms with Crippen LogP contribution in [0.1, 0.15) is 23.2 Å². The smallest absolute Gasteiger partial charge is 0.413 e. The summed E-state index contributed by atoms with van der Waals surface area (Å²) in [6.07, 6.45) is 0.507. The molecule has 2 heterocycles. The summed E-state index contributed by atoms with van der Waals surface area (Å²) in [5.74, 6) is 0.459. The van der Waals surface area contributed by atoms with Crippen LogP contribution in [0.4, 0.5) is 10.6 Å². The van der Waals surface area contributed by atoms with Gasteiger partial charge in [-0.2, -0.15) is 0 Å². The van der Waals surface area contributed by atoms with Gasteiger partial charge in [-0.1, -0.05) is 59.7 Å². The highest BCUT2D eigenvalue weighted by Gasteiger charge is 2.27. The van der Waals surface area contributed by atoms with E-state index in [0.29, 0.717) is 18.1 Å². The molecule has 5 heteroatoms. The molecule has 0 radical (unpaired) electrons. The molecule has 0 spiro atoms. The summed E-state index contributed by atoms with van der Waals surface area (Å²) in [5, 5.41) is 9.56. The number of hydrogen-bond donors (Lipinski definition) is 1. The molecule has 0 atom stereocenters. The highest BCUT2D eigenvalue weighted by Crippen LogP contribution is 2.34. The van der Waals surface area contributed by atoms with E-state index in [9.17, 15) is 9.90 Å². The average molecular weight is 359 g/mol. The van der Waals surface area contributed by atoms with Crippen LogP contribution in [0.2, 0.25) is 0 Å². The Morgan fingerprint density at radius 1 is 0.889 bits per heavy atom. The van der Waals surface area contributed by atoms with Gasteiger partial charge in [-0.15, -0.1) is 0 Å². The second kappa shape index (κ2) is 6.83. The van der Waals surface area contributed by atoms with Crippen molar-refractivity contribution in [1.82, 2.24) is 9.97 Å². The van der Waals surface area contributed by atoms with Gasteiger partial charge in [0.2, 0.25) is 0 Å². The summed E-state index contributed by atoms with van der Waals surface area (Å²) in [4.78, 5) is 22.6. The zero-order chi connectivity index (χ0) is 19.0. The fourth-order valence-electron chi connectivity index (χ4n) is 3.37. The Labute approximate surface area is 158 Å². The minimum atomic E-state index is -0.983. The van der Waals surface area contributed by atoms with E-state index in [1.54, 1.807) is 0 Å². The average Bonchev–Trinajstić information content (AvgIpc) is 2.67. The highest BCUT2D eigenvalue weighted by molar-refractivity contribution is 5.88. The number of benzene rings is 2. The third-order valence-electron chi connectivity index (χ3n) is 4.88. The molecule has 0 bridgehead atoms. The second-order valence-corrected chi connectivity index (χ2v) is 6.96. The molecule has 0 fully saturated rings. The SMILES string of the molecule is Cc1ccc(-c2nc3c(nc2-c2ccc(C)cc2)N(C(=O)O)CCC3)cc1. The molecule has 1 aliphatic rings. The molecule has 1 aromatic heterocycles. The lowest BCUT2D eigenvalue weighted by Crippen LogP contribution is -2.35. The lowest BCUT2D eigenvalue weighted by Gasteiger charge is -2.26. The van der Waals surface area contributed by atoms with Crippen LogP contribution in [0.25, 0.3) is 22.5 Å². The first-order chi connectivity index (χ1) is 13.0. The molecule has 2 aromatic carbocycles. The maximum Gasteiger partial charge on any atom is 0.413 e. The van der Waals surface area contributed by atoms with Crippen molar-refractivity contribution in [1.29, 1.82) is 0 Å². The first-order valence-corrected chi connectivity index (χ1v) is 9.08. The van der Waals surface area contributed by atoms with E-state index in [1.807, 2.05) is 50.2 Å². The van der Waals surface area contributed by atoms with E-state index in [1.165, 1.54) is 10.5 Å². The topological polar surface area (TPSA) is 66.3 Å². The molecule has 0 aliphatic carbocycles. The number of aryl methyl sites for hydroxylation is 3. The zero-order valence-electron chi connectivity index (χ0n) is 15.4. The van der Waals surface area contributed by atoms with E-state index < -0.39 is 6.09 Å². The number of anilines is 1. The molecule has 5 nitrogen and oxygen atoms in total. The Morgan fingerprint density at radius 2 is 1.41 bits per heavy atom. The van der Waals surface area contributed by atoms with Gasteiger partial charge in [-0.3, -0.25) is 4.90 Å². The van der Waals surface area contributed by atoms with Crippen molar-refractivity contribution in [3.05, 3.63) is 65.4 Å². The van der Waals surface area contributed by atoms with Crippen LogP contribution in [0.5, 0.6) is 0 Å². The highest BCUT2D eigenvalue weighted by atomic mass is 16.4. The van der Waals surface area contributed by atoms with Gasteiger partial charge in [0.05, 0.1) is 17.1 Å². The predicted molar refractivity (Wildman–Crippen MR) is 106 cm³/mol. The lowest BCUT2D eigenvalue weighted by atomic mass is 10.0. The zero-order valence-corrected chi connectivity index (χ0v) is 15.4. The summed E-state index contributed by atoms with van der Waals surface area (Å²) >= 11 is 0. The number of amides is 1. The first kappa shape index (κ1) is 17.2. The maximum atomic E-state index is 11.7. The normalized spacial score (nSPS) is 13.3. The van der Waals surface area contributed by atoms with Gasteiger partial charge in [-0.25, -0.2) is 14.8 Å². The molecular formula is C22H21N3O2. The summed E-state index contributed by atoms with van der Waals surface area (Å²) in [6.45, 7) is 4.54. The molecule has 1 N–H and O–H groups in total. The number of carbonyl (C=O) groups is 1. The van der Waals surface area contributed by atoms with Crippen molar-refractivity contribution in [3.8, 4) is 22.5 Å². The Morgan fingerprint density at radius 3 is 1.93 bits per heavy atom. The monoisotopic (exact) mass is 359 g/mol. The summed E-state index contributed by atoms with van der Waals surface area (Å²) in [5.41, 5.74) is 6.51. The van der Waals surface area contributed by atoms with E-state index in [0.717, 1.165) is 40.9 Å². The Bertz CT molecular complexity index is 995. The van der Waals surface area contributed by atoms with E-state index in [4.69, 9.17) is 9.97 Å². The van der Waals surface area contributed by atoms with Gasteiger partial charge < -0.3 is 5.11 Å². The van der Waals surface area contributed by atoms with Gasteiger partial charge in [0.1, 0.15) is 0 Å². The molecule has 4 rings (SSSR count). The minimum Gasteiger partial charge on any atom is -0.465 e. The van der Waals surface area contributed by atoms with Crippen LogP contribution in [-0.4, -0.2) is 27.7 Å². The Kier molecular flexibility index (Phi) is 4.36. The Hall–Kier alpha value is -3.21. The standard InChI is InChI=1S/C22H21N3O2/c1-14-5-9-16(10-6-14)19-20(17-11-7-15(2)8-12-17)24-21-18(23-19)4-3-13-25(21)22(26)27/h5-12H,3-4,13H2,1-2H3,(H,26,27). The fourth-order valence-corrected chi connectivity index (χ4v) is 3.37. The van der Waals surface area contributed by atoms with E-state index >= 15 is 0 Å². The van der Waals surface area contributed by atoms with Crippen molar-refractivity contribution in [2.75, 3.05) is 11.4 Å². The number of fused-ring (bicyclic) bond motifs is 1. The van der Waals surface area contributed by atoms with Gasteiger partial charge in [0, 0.05) is 17.7 Å². The number of nitrogens with zero attached hydrogens (tertiary/aromatic N) is 3. The van der Waals surface area contributed by atoms with E-state index in [2.05, 4.69) is 12.1 Å². The summed E-state index contributed by atoms with van der Waals surface area (Å²) in [7, 11) is 0. The van der Waals surface area contributed by atoms with Crippen molar-refractivity contribution in [2.45, 2.75) is 26.7 Å². The lowest BCUT2D eigenvalue weighted by molar-refractivity contribution is 0.201. The third-order valence-corrected chi connectivity index (χ3v) is 4.88. The maximum absolute atomic E-state index is 11.7. The summed E-state index contributed by atoms with van der Waals surface area (Å²) < 4.78 is 0. The van der Waals surface area contributed by atoms with E-state index in [-0.39, 0.29) is 0 Å². The van der Waals surface area contributed by atoms with Crippen LogP contribution < -0.4 is 4.90 Å². The number of rotatable bonds is 2. The van der Waals surface area contributed by atoms with Crippen LogP contribution >= 0.6 is 0 Å². The molecule has 27 heavy (non-hydrogen) atoms. The molecule has 0 unspecified atom stereocenters. The summed E-state index contributed by atoms with van der Waals surface area (Å²) in [6, 6.07) is 16.3. The molecule has 3 aromatic rings. The van der Waals surface area contributed by atoms with Gasteiger partial charge in [0.25, 0.3) is 0 Å². The molecule has 1 amide bonds. The predicted octanol–water partition coefficient (Wildman–Crippen LogP) is 4.86. The van der Waals surface area contributed by atoms with Crippen LogP contribution in [-0.2, 0) is 6.42 Å². The Balaban J connectivity index is 1.95. The first-order valence-electron chi connectivity index (χ1n) is 9.08. The largest absolute Gasteiger partial charge is 0.465 e. The molecule has 136 valence electrons. The quantitative estimate of drug-likeness (QED) is 0.710. The number of carboxylic acid groups (broad SMARTS) is 1. The molecule has 0 saturated heterocycles. The van der Waals surface area contributed by atoms with Crippen LogP contribution in [0.3, 0.4) is 0 Å². The molecule has 1 aliphatic heterocycles. The molecule has 0 saturated carbocycles. The number of aromatic nitrogens is 2. The van der Waals surface area contributed by atoms with Crippen molar-refractivity contribution in [2.24, 2.45) is 0 Å². The van der Waals surface area contributed by atoms with Gasteiger partial charge in [0.15, 0.2) is 5.82 Å². The van der Waals surface area contributed by atoms with Gasteiger partial charge >= 0.3 is 6.09 Å². The number of hydrogen-bond acceptors (Lipinski definition) is 3. The third kappa shape index (κ3) is 3.28. The van der Waals surface area contributed by atoms with Crippen molar-refractivity contribution < 1.29 is 9.90 Å². The van der Waals surface area contributed by atoms with Crippen LogP contribution in [0, 0.1) is 13.8 Å². The van der Waals surface area contributed by atoms with Gasteiger partial charge in [-0.05, 0) is 26.7 Å². The van der Waals surface area contributed by atoms with Crippen molar-refractivity contribution >= 4 is 11.9 Å². The second-order valence-electron chi connectivity index (χ2n) is 6.96. The fraction of sp³-hybridized carbons (Fsp3) is 0.227. The van der Waals surface area contributed by atoms with Crippen molar-refractivity contribution in [3.63, 3.8) is 0 Å². The molecular weight excluding hydrogens is 338 g/mol. The van der Waals surface area contributed by atoms with Crippen LogP contribution in [0.15, 0.2) is 48.5 Å².